The second-order valence-electron chi connectivity index (χ2n) is 7.15. The van der Waals surface area contributed by atoms with Crippen LogP contribution in [0, 0.1) is 5.92 Å². The number of likely N-dealkylation sites (tertiary alicyclic amines) is 1. The first-order valence-corrected chi connectivity index (χ1v) is 10.2. The van der Waals surface area contributed by atoms with Crippen LogP contribution < -0.4 is 9.64 Å². The summed E-state index contributed by atoms with van der Waals surface area (Å²) in [6.07, 6.45) is 2.00. The summed E-state index contributed by atoms with van der Waals surface area (Å²) in [4.78, 5) is 18.9. The highest BCUT2D eigenvalue weighted by atomic mass is 32.1. The highest BCUT2D eigenvalue weighted by Gasteiger charge is 2.30. The minimum Gasteiger partial charge on any atom is -0.497 e. The maximum Gasteiger partial charge on any atom is 0.229 e. The lowest BCUT2D eigenvalue weighted by Gasteiger charge is -2.39. The van der Waals surface area contributed by atoms with Crippen LogP contribution in [0.15, 0.2) is 41.8 Å². The van der Waals surface area contributed by atoms with Gasteiger partial charge >= 0.3 is 0 Å². The van der Waals surface area contributed by atoms with E-state index in [1.807, 2.05) is 54.3 Å². The molecule has 0 bridgehead atoms. The van der Waals surface area contributed by atoms with Crippen molar-refractivity contribution < 1.29 is 9.53 Å². The van der Waals surface area contributed by atoms with Gasteiger partial charge in [0.15, 0.2) is 0 Å². The predicted molar refractivity (Wildman–Crippen MR) is 108 cm³/mol. The first-order chi connectivity index (χ1) is 12.6. The molecule has 0 atom stereocenters. The van der Waals surface area contributed by atoms with Gasteiger partial charge in [0.25, 0.3) is 0 Å². The summed E-state index contributed by atoms with van der Waals surface area (Å²) in [7, 11) is 1.66. The summed E-state index contributed by atoms with van der Waals surface area (Å²) in [5.74, 6) is 0.958. The predicted octanol–water partition coefficient (Wildman–Crippen LogP) is 4.41. The summed E-state index contributed by atoms with van der Waals surface area (Å²) >= 11 is 1.81. The van der Waals surface area contributed by atoms with Gasteiger partial charge in [0, 0.05) is 48.2 Å². The Bertz CT molecular complexity index is 707. The highest BCUT2D eigenvalue weighted by Crippen LogP contribution is 2.29. The van der Waals surface area contributed by atoms with Crippen LogP contribution in [0.2, 0.25) is 0 Å². The molecule has 1 aromatic heterocycles. The molecule has 4 nitrogen and oxygen atoms in total. The van der Waals surface area contributed by atoms with Gasteiger partial charge in [-0.25, -0.2) is 0 Å². The van der Waals surface area contributed by atoms with Crippen LogP contribution in [0.3, 0.4) is 0 Å². The van der Waals surface area contributed by atoms with Gasteiger partial charge in [0.05, 0.1) is 7.11 Å². The van der Waals surface area contributed by atoms with Crippen LogP contribution in [0.4, 0.5) is 5.69 Å². The molecule has 26 heavy (non-hydrogen) atoms. The van der Waals surface area contributed by atoms with E-state index in [0.29, 0.717) is 0 Å². The maximum absolute atomic E-state index is 13.0. The Labute approximate surface area is 160 Å². The Morgan fingerprint density at radius 3 is 2.65 bits per heavy atom. The Kier molecular flexibility index (Phi) is 6.33. The molecule has 5 heteroatoms. The summed E-state index contributed by atoms with van der Waals surface area (Å²) in [6.45, 7) is 7.01. The number of ether oxygens (including phenoxy) is 1. The molecule has 1 aromatic carbocycles. The van der Waals surface area contributed by atoms with E-state index in [-0.39, 0.29) is 17.9 Å². The number of hydrogen-bond donors (Lipinski definition) is 0. The van der Waals surface area contributed by atoms with E-state index in [9.17, 15) is 4.79 Å². The lowest BCUT2D eigenvalue weighted by molar-refractivity contribution is -0.122. The van der Waals surface area contributed by atoms with Gasteiger partial charge in [-0.05, 0) is 36.4 Å². The molecule has 1 amide bonds. The summed E-state index contributed by atoms with van der Waals surface area (Å²) < 4.78 is 5.36. The van der Waals surface area contributed by atoms with Crippen molar-refractivity contribution in [1.82, 2.24) is 4.90 Å². The Morgan fingerprint density at radius 2 is 2.04 bits per heavy atom. The first-order valence-electron chi connectivity index (χ1n) is 9.30. The van der Waals surface area contributed by atoms with Crippen molar-refractivity contribution in [2.75, 3.05) is 25.1 Å². The topological polar surface area (TPSA) is 32.8 Å². The number of amides is 1. The molecule has 1 saturated heterocycles. The lowest BCUT2D eigenvalue weighted by Crippen LogP contribution is -2.48. The average molecular weight is 373 g/mol. The molecule has 3 rings (SSSR count). The van der Waals surface area contributed by atoms with Gasteiger partial charge in [-0.1, -0.05) is 26.0 Å². The van der Waals surface area contributed by atoms with Crippen LogP contribution in [0.5, 0.6) is 5.75 Å². The number of thiophene rings is 1. The lowest BCUT2D eigenvalue weighted by atomic mass is 10.00. The van der Waals surface area contributed by atoms with Crippen molar-refractivity contribution in [1.29, 1.82) is 0 Å². The number of hydrogen-bond acceptors (Lipinski definition) is 4. The van der Waals surface area contributed by atoms with Crippen molar-refractivity contribution in [3.8, 4) is 5.75 Å². The summed E-state index contributed by atoms with van der Waals surface area (Å²) in [5.41, 5.74) is 0.944. The minimum absolute atomic E-state index is 0.0228. The fourth-order valence-corrected chi connectivity index (χ4v) is 4.26. The maximum atomic E-state index is 13.0. The molecule has 0 saturated carbocycles. The van der Waals surface area contributed by atoms with Crippen molar-refractivity contribution in [2.24, 2.45) is 5.92 Å². The highest BCUT2D eigenvalue weighted by molar-refractivity contribution is 7.09. The third kappa shape index (κ3) is 4.46. The van der Waals surface area contributed by atoms with Crippen LogP contribution in [-0.2, 0) is 11.3 Å². The zero-order valence-electron chi connectivity index (χ0n) is 15.9. The van der Waals surface area contributed by atoms with Crippen molar-refractivity contribution in [3.63, 3.8) is 0 Å². The molecule has 0 N–H and O–H groups in total. The molecule has 140 valence electrons. The van der Waals surface area contributed by atoms with E-state index in [0.717, 1.165) is 43.9 Å². The smallest absolute Gasteiger partial charge is 0.229 e. The molecule has 2 heterocycles. The van der Waals surface area contributed by atoms with E-state index in [1.54, 1.807) is 7.11 Å². The molecule has 0 aliphatic carbocycles. The second-order valence-corrected chi connectivity index (χ2v) is 8.18. The molecule has 0 unspecified atom stereocenters. The monoisotopic (exact) mass is 372 g/mol. The van der Waals surface area contributed by atoms with Gasteiger partial charge in [0.2, 0.25) is 5.91 Å². The number of anilines is 1. The van der Waals surface area contributed by atoms with Gasteiger partial charge in [0.1, 0.15) is 5.75 Å². The SMILES string of the molecule is COc1cccc(N(C(=O)C(C)C)C2CCN(Cc3cccs3)CC2)c1. The average Bonchev–Trinajstić information content (AvgIpc) is 3.16. The van der Waals surface area contributed by atoms with Crippen LogP contribution in [-0.4, -0.2) is 37.0 Å². The minimum atomic E-state index is -0.0228. The normalized spacial score (nSPS) is 16.0. The summed E-state index contributed by atoms with van der Waals surface area (Å²) in [5, 5.41) is 2.13. The van der Waals surface area contributed by atoms with Crippen molar-refractivity contribution in [3.05, 3.63) is 46.7 Å². The quantitative estimate of drug-likeness (QED) is 0.753. The van der Waals surface area contributed by atoms with Crippen LogP contribution in [0.1, 0.15) is 31.6 Å². The van der Waals surface area contributed by atoms with Gasteiger partial charge < -0.3 is 9.64 Å². The van der Waals surface area contributed by atoms with E-state index in [1.165, 1.54) is 4.88 Å². The molecule has 1 aliphatic heterocycles. The second kappa shape index (κ2) is 8.69. The number of carbonyl (C=O) groups is 1. The number of methoxy groups -OCH3 is 1. The van der Waals surface area contributed by atoms with E-state index >= 15 is 0 Å². The zero-order valence-corrected chi connectivity index (χ0v) is 16.7. The van der Waals surface area contributed by atoms with E-state index < -0.39 is 0 Å². The van der Waals surface area contributed by atoms with Gasteiger partial charge in [-0.15, -0.1) is 11.3 Å². The Morgan fingerprint density at radius 1 is 1.27 bits per heavy atom. The Balaban J connectivity index is 1.72. The van der Waals surface area contributed by atoms with Crippen LogP contribution in [0.25, 0.3) is 0 Å². The number of rotatable bonds is 6. The van der Waals surface area contributed by atoms with E-state index in [4.69, 9.17) is 4.74 Å². The molecule has 0 radical (unpaired) electrons. The fraction of sp³-hybridized carbons (Fsp3) is 0.476. The standard InChI is InChI=1S/C21H28N2O2S/c1-16(2)21(24)23(18-6-4-7-19(14-18)25-3)17-9-11-22(12-10-17)15-20-8-5-13-26-20/h4-8,13-14,16-17H,9-12,15H2,1-3H3. The zero-order chi connectivity index (χ0) is 18.5. The number of benzene rings is 1. The number of piperidine rings is 1. The molecule has 2 aromatic rings. The van der Waals surface area contributed by atoms with Gasteiger partial charge in [-0.2, -0.15) is 0 Å². The molecular formula is C21H28N2O2S. The van der Waals surface area contributed by atoms with Gasteiger partial charge in [-0.3, -0.25) is 9.69 Å². The van der Waals surface area contributed by atoms with Crippen molar-refractivity contribution in [2.45, 2.75) is 39.3 Å². The third-order valence-electron chi connectivity index (χ3n) is 4.94. The number of carbonyl (C=O) groups excluding carboxylic acids is 1. The molecule has 0 spiro atoms. The van der Waals surface area contributed by atoms with Crippen LogP contribution >= 0.6 is 11.3 Å². The Hall–Kier alpha value is -1.85. The first kappa shape index (κ1) is 18.9. The molecule has 1 fully saturated rings. The largest absolute Gasteiger partial charge is 0.497 e. The molecular weight excluding hydrogens is 344 g/mol. The fourth-order valence-electron chi connectivity index (χ4n) is 3.52. The third-order valence-corrected chi connectivity index (χ3v) is 5.81. The van der Waals surface area contributed by atoms with Crippen molar-refractivity contribution >= 4 is 22.9 Å². The summed E-state index contributed by atoms with van der Waals surface area (Å²) in [6, 6.07) is 12.4. The number of nitrogens with zero attached hydrogens (tertiary/aromatic N) is 2. The van der Waals surface area contributed by atoms with E-state index in [2.05, 4.69) is 22.4 Å². The molecule has 1 aliphatic rings.